The van der Waals surface area contributed by atoms with Crippen molar-refractivity contribution in [3.63, 3.8) is 0 Å². The van der Waals surface area contributed by atoms with Crippen LogP contribution in [0.25, 0.3) is 0 Å². The molecule has 0 unspecified atom stereocenters. The first kappa shape index (κ1) is 25.8. The summed E-state index contributed by atoms with van der Waals surface area (Å²) in [5, 5.41) is 0. The number of carbonyl (C=O) groups is 1. The zero-order valence-corrected chi connectivity index (χ0v) is 24.2. The monoisotopic (exact) mass is 506 g/mol. The number of hydrogen-bond donors (Lipinski definition) is 0. The summed E-state index contributed by atoms with van der Waals surface area (Å²) in [5.41, 5.74) is 0.247. The minimum atomic E-state index is -0.239. The van der Waals surface area contributed by atoms with Crippen LogP contribution < -0.4 is 0 Å². The van der Waals surface area contributed by atoms with Gasteiger partial charge in [-0.25, -0.2) is 0 Å². The topological polar surface area (TPSA) is 26.3 Å². The third kappa shape index (κ3) is 3.76. The van der Waals surface area contributed by atoms with Crippen LogP contribution in [-0.4, -0.2) is 28.7 Å². The number of carbonyl (C=O) groups excluding carboxylic acids is 1. The highest BCUT2D eigenvalue weighted by Gasteiger charge is 2.72. The Morgan fingerprint density at radius 2 is 1.71 bits per heavy atom. The molecule has 0 radical (unpaired) electrons. The number of thioether (sulfide) groups is 2. The third-order valence-corrected chi connectivity index (χ3v) is 15.5. The van der Waals surface area contributed by atoms with Crippen LogP contribution in [0.1, 0.15) is 105 Å². The predicted octanol–water partition coefficient (Wildman–Crippen LogP) is 8.44. The van der Waals surface area contributed by atoms with Gasteiger partial charge in [-0.15, -0.1) is 23.5 Å². The molecule has 1 aliphatic heterocycles. The normalized spacial score (nSPS) is 43.9. The summed E-state index contributed by atoms with van der Waals surface area (Å²) >= 11 is 4.31. The van der Waals surface area contributed by atoms with E-state index in [1.807, 2.05) is 0 Å². The Hall–Kier alpha value is 0.170. The van der Waals surface area contributed by atoms with Gasteiger partial charge in [0.2, 0.25) is 0 Å². The lowest BCUT2D eigenvalue weighted by Crippen LogP contribution is -2.65. The summed E-state index contributed by atoms with van der Waals surface area (Å²) < 4.78 is 5.86. The lowest BCUT2D eigenvalue weighted by molar-refractivity contribution is -0.183. The standard InChI is InChI=1S/C30H50O2S2/c1-20(2)8-6-9-21(3)24-13-14-25-23-12-11-22-10-7-16-29(33-18-19-34-29)30(22,27(31)32-5)26(23)15-17-28(24,25)4/h20-26H,6-19H2,1-5H3/t21-,22-,23+,24-,25+,26+,28-,30+/m1/s1. The molecule has 5 aliphatic rings. The van der Waals surface area contributed by atoms with Crippen LogP contribution in [0.15, 0.2) is 0 Å². The van der Waals surface area contributed by atoms with Crippen molar-refractivity contribution in [1.29, 1.82) is 0 Å². The van der Waals surface area contributed by atoms with Crippen LogP contribution in [0.3, 0.4) is 0 Å². The highest BCUT2D eigenvalue weighted by molar-refractivity contribution is 8.21. The molecule has 194 valence electrons. The summed E-state index contributed by atoms with van der Waals surface area (Å²) in [6.45, 7) is 9.98. The van der Waals surface area contributed by atoms with Crippen molar-refractivity contribution in [2.75, 3.05) is 18.6 Å². The molecule has 0 N–H and O–H groups in total. The SMILES string of the molecule is COC(=O)[C@@]12[C@H](CCCC13SCCS3)CC[C@H]1[C@@H]3CC[C@H]([C@H](C)CCCC(C)C)[C@@]3(C)CC[C@@H]12. The molecule has 34 heavy (non-hydrogen) atoms. The zero-order chi connectivity index (χ0) is 24.1. The molecule has 1 spiro atoms. The highest BCUT2D eigenvalue weighted by Crippen LogP contribution is 2.75. The molecule has 4 heteroatoms. The van der Waals surface area contributed by atoms with Crippen LogP contribution in [0.2, 0.25) is 0 Å². The van der Waals surface area contributed by atoms with E-state index in [1.165, 1.54) is 88.6 Å². The molecule has 4 saturated carbocycles. The lowest BCUT2D eigenvalue weighted by atomic mass is 9.43. The van der Waals surface area contributed by atoms with E-state index in [4.69, 9.17) is 4.74 Å². The minimum absolute atomic E-state index is 0.0855. The summed E-state index contributed by atoms with van der Waals surface area (Å²) in [6.07, 6.45) is 16.0. The van der Waals surface area contributed by atoms with Crippen molar-refractivity contribution in [2.45, 2.75) is 109 Å². The quantitative estimate of drug-likeness (QED) is 0.338. The highest BCUT2D eigenvalue weighted by atomic mass is 32.2. The Morgan fingerprint density at radius 1 is 0.941 bits per heavy atom. The zero-order valence-electron chi connectivity index (χ0n) is 22.6. The Kier molecular flexibility index (Phi) is 7.44. The molecule has 5 rings (SSSR count). The summed E-state index contributed by atoms with van der Waals surface area (Å²) in [4.78, 5) is 14.0. The fourth-order valence-corrected chi connectivity index (χ4v) is 14.5. The van der Waals surface area contributed by atoms with Gasteiger partial charge in [-0.1, -0.05) is 53.4 Å². The average molecular weight is 507 g/mol. The van der Waals surface area contributed by atoms with E-state index in [9.17, 15) is 4.79 Å². The van der Waals surface area contributed by atoms with Crippen LogP contribution in [-0.2, 0) is 9.53 Å². The second-order valence-electron chi connectivity index (χ2n) is 13.4. The van der Waals surface area contributed by atoms with E-state index in [-0.39, 0.29) is 15.5 Å². The molecule has 5 fully saturated rings. The Labute approximate surface area is 218 Å². The maximum Gasteiger partial charge on any atom is 0.314 e. The predicted molar refractivity (Wildman–Crippen MR) is 147 cm³/mol. The van der Waals surface area contributed by atoms with Gasteiger partial charge < -0.3 is 4.74 Å². The second-order valence-corrected chi connectivity index (χ2v) is 16.4. The molecular formula is C30H50O2S2. The van der Waals surface area contributed by atoms with Crippen molar-refractivity contribution in [1.82, 2.24) is 0 Å². The van der Waals surface area contributed by atoms with Crippen molar-refractivity contribution in [2.24, 2.45) is 52.3 Å². The molecule has 1 heterocycles. The Balaban J connectivity index is 1.44. The van der Waals surface area contributed by atoms with Gasteiger partial charge in [-0.05, 0) is 98.2 Å². The lowest BCUT2D eigenvalue weighted by Gasteiger charge is -2.64. The van der Waals surface area contributed by atoms with E-state index in [0.29, 0.717) is 17.3 Å². The number of methoxy groups -OCH3 is 1. The molecule has 0 bridgehead atoms. The smallest absolute Gasteiger partial charge is 0.314 e. The first-order chi connectivity index (χ1) is 16.3. The number of ether oxygens (including phenoxy) is 1. The van der Waals surface area contributed by atoms with Gasteiger partial charge >= 0.3 is 5.97 Å². The summed E-state index contributed by atoms with van der Waals surface area (Å²) in [7, 11) is 1.68. The minimum Gasteiger partial charge on any atom is -0.469 e. The van der Waals surface area contributed by atoms with Crippen LogP contribution in [0.5, 0.6) is 0 Å². The first-order valence-corrected chi connectivity index (χ1v) is 16.6. The molecule has 2 nitrogen and oxygen atoms in total. The maximum absolute atomic E-state index is 14.0. The number of rotatable bonds is 6. The Bertz CT molecular complexity index is 746. The van der Waals surface area contributed by atoms with Gasteiger partial charge in [0.05, 0.1) is 16.6 Å². The summed E-state index contributed by atoms with van der Waals surface area (Å²) in [6, 6.07) is 0. The average Bonchev–Trinajstić information content (AvgIpc) is 3.43. The third-order valence-electron chi connectivity index (χ3n) is 11.7. The van der Waals surface area contributed by atoms with Crippen LogP contribution in [0.4, 0.5) is 0 Å². The molecular weight excluding hydrogens is 456 g/mol. The van der Waals surface area contributed by atoms with Gasteiger partial charge in [0, 0.05) is 11.5 Å². The van der Waals surface area contributed by atoms with Crippen LogP contribution >= 0.6 is 23.5 Å². The second kappa shape index (κ2) is 9.80. The molecule has 0 amide bonds. The van der Waals surface area contributed by atoms with Crippen LogP contribution in [0, 0.1) is 52.3 Å². The number of hydrogen-bond acceptors (Lipinski definition) is 4. The number of fused-ring (bicyclic) bond motifs is 6. The molecule has 8 atom stereocenters. The van der Waals surface area contributed by atoms with Gasteiger partial charge in [0.15, 0.2) is 0 Å². The molecule has 0 aromatic rings. The van der Waals surface area contributed by atoms with E-state index in [0.717, 1.165) is 29.6 Å². The van der Waals surface area contributed by atoms with Gasteiger partial charge in [0.1, 0.15) is 0 Å². The Morgan fingerprint density at radius 3 is 2.41 bits per heavy atom. The first-order valence-electron chi connectivity index (χ1n) is 14.7. The van der Waals surface area contributed by atoms with Crippen molar-refractivity contribution in [3.8, 4) is 0 Å². The number of esters is 1. The van der Waals surface area contributed by atoms with E-state index in [2.05, 4.69) is 51.2 Å². The van der Waals surface area contributed by atoms with Crippen molar-refractivity contribution in [3.05, 3.63) is 0 Å². The molecule has 0 aromatic heterocycles. The fourth-order valence-electron chi connectivity index (χ4n) is 10.4. The fraction of sp³-hybridized carbons (Fsp3) is 0.967. The van der Waals surface area contributed by atoms with Crippen molar-refractivity contribution < 1.29 is 9.53 Å². The van der Waals surface area contributed by atoms with E-state index < -0.39 is 0 Å². The molecule has 4 aliphatic carbocycles. The molecule has 1 saturated heterocycles. The van der Waals surface area contributed by atoms with Crippen molar-refractivity contribution >= 4 is 29.5 Å². The maximum atomic E-state index is 14.0. The van der Waals surface area contributed by atoms with E-state index in [1.54, 1.807) is 7.11 Å². The van der Waals surface area contributed by atoms with Gasteiger partial charge in [-0.3, -0.25) is 4.79 Å². The largest absolute Gasteiger partial charge is 0.469 e. The van der Waals surface area contributed by atoms with Gasteiger partial charge in [0.25, 0.3) is 0 Å². The van der Waals surface area contributed by atoms with E-state index >= 15 is 0 Å². The molecule has 0 aromatic carbocycles. The summed E-state index contributed by atoms with van der Waals surface area (Å²) in [5.74, 6) is 7.80. The van der Waals surface area contributed by atoms with Gasteiger partial charge in [-0.2, -0.15) is 0 Å².